The molecule has 0 aliphatic heterocycles. The molecule has 0 atom stereocenters. The van der Waals surface area contributed by atoms with Crippen LogP contribution in [0.5, 0.6) is 0 Å². The minimum atomic E-state index is -0.723. The molecule has 64 valence electrons. The zero-order valence-electron chi connectivity index (χ0n) is 6.92. The highest BCUT2D eigenvalue weighted by atomic mass is 16.4. The maximum atomic E-state index is 10.3. The number of hydrogen-bond donors (Lipinski definition) is 1. The van der Waals surface area contributed by atoms with Crippen LogP contribution in [0, 0.1) is 0 Å². The summed E-state index contributed by atoms with van der Waals surface area (Å²) in [6.07, 6.45) is 4.86. The van der Waals surface area contributed by atoms with Crippen LogP contribution in [0.1, 0.15) is 25.7 Å². The molecule has 0 bridgehead atoms. The second-order valence-corrected chi connectivity index (χ2v) is 3.25. The van der Waals surface area contributed by atoms with Crippen LogP contribution < -0.4 is 0 Å². The van der Waals surface area contributed by atoms with E-state index < -0.39 is 5.97 Å². The summed E-state index contributed by atoms with van der Waals surface area (Å²) < 4.78 is 0. The van der Waals surface area contributed by atoms with Crippen LogP contribution in [0.25, 0.3) is 0 Å². The highest BCUT2D eigenvalue weighted by molar-refractivity contribution is 5.69. The van der Waals surface area contributed by atoms with Crippen molar-refractivity contribution in [2.24, 2.45) is 0 Å². The van der Waals surface area contributed by atoms with Crippen molar-refractivity contribution in [2.45, 2.75) is 31.7 Å². The smallest absolute Gasteiger partial charge is 0.317 e. The van der Waals surface area contributed by atoms with E-state index in [1.54, 1.807) is 0 Å². The summed E-state index contributed by atoms with van der Waals surface area (Å²) in [5, 5.41) is 8.50. The fourth-order valence-corrected chi connectivity index (χ4v) is 1.69. The fraction of sp³-hybridized carbons (Fsp3) is 0.875. The van der Waals surface area contributed by atoms with Gasteiger partial charge in [0.25, 0.3) is 0 Å². The van der Waals surface area contributed by atoms with Crippen LogP contribution in [-0.2, 0) is 4.79 Å². The lowest BCUT2D eigenvalue weighted by Gasteiger charge is -2.21. The second-order valence-electron chi connectivity index (χ2n) is 3.25. The highest BCUT2D eigenvalue weighted by Crippen LogP contribution is 2.21. The third-order valence-electron chi connectivity index (χ3n) is 2.33. The average Bonchev–Trinajstić information content (AvgIpc) is 2.35. The first-order valence-corrected chi connectivity index (χ1v) is 4.12. The Morgan fingerprint density at radius 1 is 1.55 bits per heavy atom. The number of rotatable bonds is 3. The molecule has 0 aromatic rings. The molecule has 1 saturated carbocycles. The van der Waals surface area contributed by atoms with Crippen molar-refractivity contribution in [2.75, 3.05) is 13.6 Å². The Bertz CT molecular complexity index is 141. The summed E-state index contributed by atoms with van der Waals surface area (Å²) in [7, 11) is 1.89. The molecular formula is C8H15NO2. The van der Waals surface area contributed by atoms with Gasteiger partial charge in [-0.05, 0) is 19.9 Å². The van der Waals surface area contributed by atoms with E-state index in [4.69, 9.17) is 5.11 Å². The van der Waals surface area contributed by atoms with E-state index >= 15 is 0 Å². The van der Waals surface area contributed by atoms with Gasteiger partial charge in [-0.3, -0.25) is 9.69 Å². The SMILES string of the molecule is CN(CC(=O)O)C1CCCC1. The van der Waals surface area contributed by atoms with E-state index in [-0.39, 0.29) is 6.54 Å². The quantitative estimate of drug-likeness (QED) is 0.663. The molecule has 1 aliphatic rings. The second kappa shape index (κ2) is 3.72. The van der Waals surface area contributed by atoms with E-state index in [0.29, 0.717) is 6.04 Å². The Hall–Kier alpha value is -0.570. The molecule has 0 aromatic carbocycles. The van der Waals surface area contributed by atoms with Crippen LogP contribution in [-0.4, -0.2) is 35.6 Å². The van der Waals surface area contributed by atoms with Crippen LogP contribution in [0.4, 0.5) is 0 Å². The van der Waals surface area contributed by atoms with E-state index in [1.165, 1.54) is 25.7 Å². The molecule has 1 rings (SSSR count). The maximum absolute atomic E-state index is 10.3. The van der Waals surface area contributed by atoms with E-state index in [0.717, 1.165) is 0 Å². The lowest BCUT2D eigenvalue weighted by molar-refractivity contribution is -0.138. The van der Waals surface area contributed by atoms with E-state index in [1.807, 2.05) is 11.9 Å². The fourth-order valence-electron chi connectivity index (χ4n) is 1.69. The zero-order chi connectivity index (χ0) is 8.27. The first-order valence-electron chi connectivity index (χ1n) is 4.12. The van der Waals surface area contributed by atoms with Gasteiger partial charge in [0.05, 0.1) is 6.54 Å². The summed E-state index contributed by atoms with van der Waals surface area (Å²) in [6, 6.07) is 0.520. The van der Waals surface area contributed by atoms with E-state index in [9.17, 15) is 4.79 Å². The van der Waals surface area contributed by atoms with Gasteiger partial charge in [-0.25, -0.2) is 0 Å². The molecule has 0 heterocycles. The highest BCUT2D eigenvalue weighted by Gasteiger charge is 2.20. The predicted molar refractivity (Wildman–Crippen MR) is 42.5 cm³/mol. The molecule has 0 spiro atoms. The molecule has 11 heavy (non-hydrogen) atoms. The Labute approximate surface area is 67.0 Å². The van der Waals surface area contributed by atoms with Gasteiger partial charge in [0.15, 0.2) is 0 Å². The van der Waals surface area contributed by atoms with Crippen LogP contribution in [0.3, 0.4) is 0 Å². The number of likely N-dealkylation sites (N-methyl/N-ethyl adjacent to an activating group) is 1. The summed E-state index contributed by atoms with van der Waals surface area (Å²) in [6.45, 7) is 0.185. The Kier molecular flexibility index (Phi) is 2.88. The van der Waals surface area contributed by atoms with Crippen molar-refractivity contribution in [1.29, 1.82) is 0 Å². The van der Waals surface area contributed by atoms with Crippen LogP contribution in [0.2, 0.25) is 0 Å². The molecule has 3 nitrogen and oxygen atoms in total. The number of carboxylic acid groups (broad SMARTS) is 1. The minimum Gasteiger partial charge on any atom is -0.480 e. The molecule has 0 saturated heterocycles. The summed E-state index contributed by atoms with van der Waals surface area (Å²) >= 11 is 0. The number of carboxylic acids is 1. The van der Waals surface area contributed by atoms with Crippen molar-refractivity contribution in [3.8, 4) is 0 Å². The largest absolute Gasteiger partial charge is 0.480 e. The maximum Gasteiger partial charge on any atom is 0.317 e. The van der Waals surface area contributed by atoms with Crippen molar-refractivity contribution in [1.82, 2.24) is 4.90 Å². The number of carbonyl (C=O) groups is 1. The van der Waals surface area contributed by atoms with Crippen molar-refractivity contribution < 1.29 is 9.90 Å². The van der Waals surface area contributed by atoms with Crippen LogP contribution in [0.15, 0.2) is 0 Å². The molecule has 1 N–H and O–H groups in total. The van der Waals surface area contributed by atoms with Gasteiger partial charge in [-0.15, -0.1) is 0 Å². The van der Waals surface area contributed by atoms with Gasteiger partial charge >= 0.3 is 5.97 Å². The van der Waals surface area contributed by atoms with Crippen molar-refractivity contribution >= 4 is 5.97 Å². The molecule has 0 amide bonds. The standard InChI is InChI=1S/C8H15NO2/c1-9(6-8(10)11)7-4-2-3-5-7/h7H,2-6H2,1H3,(H,10,11). The lowest BCUT2D eigenvalue weighted by atomic mass is 10.2. The first kappa shape index (κ1) is 8.53. The monoisotopic (exact) mass is 157 g/mol. The van der Waals surface area contributed by atoms with Gasteiger partial charge < -0.3 is 5.11 Å². The van der Waals surface area contributed by atoms with Gasteiger partial charge in [0.1, 0.15) is 0 Å². The zero-order valence-corrected chi connectivity index (χ0v) is 6.92. The predicted octanol–water partition coefficient (Wildman–Crippen LogP) is 0.945. The number of nitrogens with zero attached hydrogens (tertiary/aromatic N) is 1. The lowest BCUT2D eigenvalue weighted by Crippen LogP contribution is -2.33. The summed E-state index contributed by atoms with van der Waals surface area (Å²) in [4.78, 5) is 12.3. The van der Waals surface area contributed by atoms with Crippen molar-refractivity contribution in [3.63, 3.8) is 0 Å². The van der Waals surface area contributed by atoms with E-state index in [2.05, 4.69) is 0 Å². The Balaban J connectivity index is 2.28. The topological polar surface area (TPSA) is 40.5 Å². The average molecular weight is 157 g/mol. The van der Waals surface area contributed by atoms with Gasteiger partial charge in [0, 0.05) is 6.04 Å². The first-order chi connectivity index (χ1) is 5.20. The molecule has 1 aliphatic carbocycles. The van der Waals surface area contributed by atoms with Crippen LogP contribution >= 0.6 is 0 Å². The Morgan fingerprint density at radius 3 is 2.55 bits per heavy atom. The third kappa shape index (κ3) is 2.50. The molecule has 0 unspecified atom stereocenters. The minimum absolute atomic E-state index is 0.185. The molecule has 0 radical (unpaired) electrons. The van der Waals surface area contributed by atoms with Crippen molar-refractivity contribution in [3.05, 3.63) is 0 Å². The normalized spacial score (nSPS) is 19.5. The third-order valence-corrected chi connectivity index (χ3v) is 2.33. The van der Waals surface area contributed by atoms with Gasteiger partial charge in [-0.2, -0.15) is 0 Å². The molecule has 3 heteroatoms. The summed E-state index contributed by atoms with van der Waals surface area (Å²) in [5.41, 5.74) is 0. The van der Waals surface area contributed by atoms with Gasteiger partial charge in [0.2, 0.25) is 0 Å². The molecular weight excluding hydrogens is 142 g/mol. The summed E-state index contributed by atoms with van der Waals surface area (Å²) in [5.74, 6) is -0.723. The number of aliphatic carboxylic acids is 1. The number of hydrogen-bond acceptors (Lipinski definition) is 2. The van der Waals surface area contributed by atoms with Gasteiger partial charge in [-0.1, -0.05) is 12.8 Å². The molecule has 0 aromatic heterocycles. The molecule has 1 fully saturated rings. The Morgan fingerprint density at radius 2 is 2.09 bits per heavy atom.